The van der Waals surface area contributed by atoms with Gasteiger partial charge in [-0.15, -0.1) is 0 Å². The molecule has 2 heteroatoms. The van der Waals surface area contributed by atoms with E-state index in [4.69, 9.17) is 4.98 Å². The summed E-state index contributed by atoms with van der Waals surface area (Å²) in [4.78, 5) is 4.88. The van der Waals surface area contributed by atoms with Crippen LogP contribution in [0.3, 0.4) is 0 Å². The van der Waals surface area contributed by atoms with Gasteiger partial charge in [0.2, 0.25) is 0 Å². The van der Waals surface area contributed by atoms with Crippen molar-refractivity contribution < 1.29 is 0 Å². The first kappa shape index (κ1) is 15.2. The lowest BCUT2D eigenvalue weighted by Crippen LogP contribution is -2.04. The second-order valence-electron chi connectivity index (χ2n) is 6.73. The number of nitrogens with zero attached hydrogens (tertiary/aromatic N) is 2. The fourth-order valence-electron chi connectivity index (χ4n) is 3.75. The summed E-state index contributed by atoms with van der Waals surface area (Å²) in [7, 11) is 0. The Labute approximate surface area is 143 Å². The van der Waals surface area contributed by atoms with Gasteiger partial charge in [-0.05, 0) is 30.9 Å². The quantitative estimate of drug-likeness (QED) is 0.553. The Morgan fingerprint density at radius 1 is 0.917 bits per heavy atom. The van der Waals surface area contributed by atoms with Gasteiger partial charge in [0.15, 0.2) is 0 Å². The molecule has 0 bridgehead atoms. The zero-order valence-electron chi connectivity index (χ0n) is 14.1. The van der Waals surface area contributed by atoms with Crippen molar-refractivity contribution >= 4 is 11.0 Å². The van der Waals surface area contributed by atoms with E-state index in [1.165, 1.54) is 43.2 Å². The molecular formula is C22H24N2. The molecule has 1 heterocycles. The van der Waals surface area contributed by atoms with Crippen LogP contribution in [-0.2, 0) is 6.54 Å². The molecule has 1 aliphatic rings. The number of para-hydroxylation sites is 2. The largest absolute Gasteiger partial charge is 0.320 e. The molecule has 122 valence electrons. The number of aromatic nitrogens is 2. The number of benzene rings is 2. The van der Waals surface area contributed by atoms with E-state index in [9.17, 15) is 0 Å². The van der Waals surface area contributed by atoms with Crippen LogP contribution >= 0.6 is 0 Å². The number of fused-ring (bicyclic) bond motifs is 1. The second kappa shape index (κ2) is 7.04. The van der Waals surface area contributed by atoms with Gasteiger partial charge in [0.05, 0.1) is 11.0 Å². The van der Waals surface area contributed by atoms with Crippen molar-refractivity contribution in [2.75, 3.05) is 0 Å². The Kier molecular flexibility index (Phi) is 4.46. The zero-order valence-corrected chi connectivity index (χ0v) is 14.1. The topological polar surface area (TPSA) is 17.8 Å². The average molecular weight is 316 g/mol. The third-order valence-corrected chi connectivity index (χ3v) is 5.03. The highest BCUT2D eigenvalue weighted by atomic mass is 15.1. The molecule has 0 spiro atoms. The Morgan fingerprint density at radius 3 is 2.50 bits per heavy atom. The van der Waals surface area contributed by atoms with Crippen molar-refractivity contribution in [1.82, 2.24) is 9.55 Å². The maximum Gasteiger partial charge on any atom is 0.141 e. The van der Waals surface area contributed by atoms with Crippen LogP contribution in [0.25, 0.3) is 22.4 Å². The molecule has 0 aliphatic heterocycles. The molecule has 0 atom stereocenters. The Hall–Kier alpha value is -2.35. The van der Waals surface area contributed by atoms with Crippen LogP contribution in [0.5, 0.6) is 0 Å². The minimum atomic E-state index is 0.772. The highest BCUT2D eigenvalue weighted by Crippen LogP contribution is 2.26. The summed E-state index contributed by atoms with van der Waals surface area (Å²) in [5, 5.41) is 0. The molecule has 0 N–H and O–H groups in total. The first-order chi connectivity index (χ1) is 11.9. The highest BCUT2D eigenvalue weighted by molar-refractivity contribution is 5.80. The van der Waals surface area contributed by atoms with Gasteiger partial charge in [0.25, 0.3) is 0 Å². The van der Waals surface area contributed by atoms with E-state index < -0.39 is 0 Å². The lowest BCUT2D eigenvalue weighted by Gasteiger charge is -2.17. The maximum absolute atomic E-state index is 4.88. The molecule has 0 amide bonds. The smallest absolute Gasteiger partial charge is 0.141 e. The predicted molar refractivity (Wildman–Crippen MR) is 101 cm³/mol. The Morgan fingerprint density at radius 2 is 1.67 bits per heavy atom. The molecule has 2 aromatic carbocycles. The number of rotatable bonds is 4. The number of hydrogen-bond donors (Lipinski definition) is 0. The van der Waals surface area contributed by atoms with Crippen LogP contribution < -0.4 is 0 Å². The van der Waals surface area contributed by atoms with E-state index in [-0.39, 0.29) is 0 Å². The molecule has 4 rings (SSSR count). The van der Waals surface area contributed by atoms with E-state index in [0.29, 0.717) is 0 Å². The van der Waals surface area contributed by atoms with Crippen LogP contribution in [0.2, 0.25) is 0 Å². The van der Waals surface area contributed by atoms with Gasteiger partial charge >= 0.3 is 0 Å². The minimum Gasteiger partial charge on any atom is -0.320 e. The van der Waals surface area contributed by atoms with Crippen LogP contribution in [0.15, 0.2) is 66.7 Å². The van der Waals surface area contributed by atoms with Gasteiger partial charge in [-0.3, -0.25) is 0 Å². The molecule has 0 radical (unpaired) electrons. The number of imidazole rings is 1. The van der Waals surface area contributed by atoms with E-state index in [0.717, 1.165) is 23.8 Å². The average Bonchev–Trinajstić information content (AvgIpc) is 3.02. The predicted octanol–water partition coefficient (Wildman–Crippen LogP) is 5.84. The van der Waals surface area contributed by atoms with Crippen LogP contribution in [0.4, 0.5) is 0 Å². The fourth-order valence-corrected chi connectivity index (χ4v) is 3.75. The third kappa shape index (κ3) is 3.14. The van der Waals surface area contributed by atoms with Crippen molar-refractivity contribution in [3.63, 3.8) is 0 Å². The summed E-state index contributed by atoms with van der Waals surface area (Å²) in [5.74, 6) is 1.83. The first-order valence-electron chi connectivity index (χ1n) is 9.09. The highest BCUT2D eigenvalue weighted by Gasteiger charge is 2.12. The van der Waals surface area contributed by atoms with Gasteiger partial charge in [-0.2, -0.15) is 0 Å². The van der Waals surface area contributed by atoms with Crippen LogP contribution in [0.1, 0.15) is 32.1 Å². The summed E-state index contributed by atoms with van der Waals surface area (Å²) < 4.78 is 2.34. The summed E-state index contributed by atoms with van der Waals surface area (Å²) in [5.41, 5.74) is 3.46. The molecule has 1 aliphatic carbocycles. The van der Waals surface area contributed by atoms with Crippen LogP contribution in [0, 0.1) is 5.92 Å². The summed E-state index contributed by atoms with van der Waals surface area (Å²) in [6.45, 7) is 0.890. The summed E-state index contributed by atoms with van der Waals surface area (Å²) in [6.07, 6.45) is 11.7. The van der Waals surface area contributed by atoms with Gasteiger partial charge in [-0.25, -0.2) is 4.98 Å². The van der Waals surface area contributed by atoms with Crippen LogP contribution in [-0.4, -0.2) is 9.55 Å². The third-order valence-electron chi connectivity index (χ3n) is 5.03. The Bertz CT molecular complexity index is 824. The lowest BCUT2D eigenvalue weighted by atomic mass is 9.89. The molecular weight excluding hydrogens is 292 g/mol. The van der Waals surface area contributed by atoms with Gasteiger partial charge in [0.1, 0.15) is 5.82 Å². The molecule has 1 aromatic heterocycles. The van der Waals surface area contributed by atoms with Crippen molar-refractivity contribution in [1.29, 1.82) is 0 Å². The van der Waals surface area contributed by atoms with E-state index in [1.54, 1.807) is 0 Å². The monoisotopic (exact) mass is 316 g/mol. The normalized spacial score (nSPS) is 16.2. The molecule has 2 nitrogen and oxygen atoms in total. The van der Waals surface area contributed by atoms with Gasteiger partial charge in [0, 0.05) is 12.1 Å². The zero-order chi connectivity index (χ0) is 16.2. The fraction of sp³-hybridized carbons (Fsp3) is 0.318. The maximum atomic E-state index is 4.88. The molecule has 1 saturated carbocycles. The van der Waals surface area contributed by atoms with Crippen molar-refractivity contribution in [3.05, 3.63) is 66.7 Å². The molecule has 1 fully saturated rings. The number of hydrogen-bond acceptors (Lipinski definition) is 1. The van der Waals surface area contributed by atoms with E-state index >= 15 is 0 Å². The summed E-state index contributed by atoms with van der Waals surface area (Å²) in [6, 6.07) is 18.9. The van der Waals surface area contributed by atoms with Gasteiger partial charge < -0.3 is 4.57 Å². The van der Waals surface area contributed by atoms with E-state index in [1.807, 2.05) is 0 Å². The Balaban J connectivity index is 1.66. The molecule has 0 saturated heterocycles. The van der Waals surface area contributed by atoms with Gasteiger partial charge in [-0.1, -0.05) is 73.9 Å². The second-order valence-corrected chi connectivity index (χ2v) is 6.73. The SMILES string of the molecule is C(=C\C1CCCCC1)/Cn1c(-c2ccccc2)nc2ccccc21. The molecule has 3 aromatic rings. The molecule has 24 heavy (non-hydrogen) atoms. The lowest BCUT2D eigenvalue weighted by molar-refractivity contribution is 0.418. The van der Waals surface area contributed by atoms with Crippen molar-refractivity contribution in [3.8, 4) is 11.4 Å². The summed E-state index contributed by atoms with van der Waals surface area (Å²) >= 11 is 0. The first-order valence-corrected chi connectivity index (χ1v) is 9.09. The van der Waals surface area contributed by atoms with E-state index in [2.05, 4.69) is 71.3 Å². The van der Waals surface area contributed by atoms with Crippen molar-refractivity contribution in [2.24, 2.45) is 5.92 Å². The number of allylic oxidation sites excluding steroid dienone is 2. The molecule has 0 unspecified atom stereocenters. The van der Waals surface area contributed by atoms with Crippen molar-refractivity contribution in [2.45, 2.75) is 38.6 Å². The standard InChI is InChI=1S/C22H24N2/c1-3-10-18(11-4-1)12-9-17-24-21-16-8-7-15-20(21)23-22(24)19-13-5-2-6-14-19/h2,5-9,12-16,18H,1,3-4,10-11,17H2/b12-9+. The minimum absolute atomic E-state index is 0.772.